The zero-order valence-electron chi connectivity index (χ0n) is 10.00. The van der Waals surface area contributed by atoms with Crippen molar-refractivity contribution in [1.82, 2.24) is 4.98 Å². The second kappa shape index (κ2) is 5.14. The van der Waals surface area contributed by atoms with Gasteiger partial charge in [-0.15, -0.1) is 0 Å². The predicted octanol–water partition coefficient (Wildman–Crippen LogP) is 3.08. The molecule has 1 heterocycles. The summed E-state index contributed by atoms with van der Waals surface area (Å²) in [5.74, 6) is 0.270. The van der Waals surface area contributed by atoms with Crippen LogP contribution in [-0.2, 0) is 10.9 Å². The Bertz CT molecular complexity index is 409. The van der Waals surface area contributed by atoms with E-state index < -0.39 is 11.7 Å². The summed E-state index contributed by atoms with van der Waals surface area (Å²) in [4.78, 5) is 3.92. The molecule has 0 saturated heterocycles. The average Bonchev–Trinajstić information content (AvgIpc) is 2.76. The molecule has 0 amide bonds. The molecule has 1 N–H and O–H groups in total. The van der Waals surface area contributed by atoms with Gasteiger partial charge in [0.25, 0.3) is 0 Å². The van der Waals surface area contributed by atoms with Crippen molar-refractivity contribution in [1.29, 1.82) is 0 Å². The average molecular weight is 260 g/mol. The van der Waals surface area contributed by atoms with E-state index in [1.165, 1.54) is 6.20 Å². The maximum Gasteiger partial charge on any atom is 0.416 e. The van der Waals surface area contributed by atoms with Crippen LogP contribution >= 0.6 is 0 Å². The third kappa shape index (κ3) is 3.13. The number of hydrogen-bond acceptors (Lipinski definition) is 3. The minimum Gasteiger partial charge on any atom is -0.381 e. The van der Waals surface area contributed by atoms with E-state index in [1.54, 1.807) is 7.11 Å². The summed E-state index contributed by atoms with van der Waals surface area (Å²) in [5, 5.41) is 3.03. The molecular formula is C12H15F3N2O. The van der Waals surface area contributed by atoms with Crippen LogP contribution in [0.2, 0.25) is 0 Å². The molecule has 1 saturated carbocycles. The first-order valence-electron chi connectivity index (χ1n) is 5.81. The van der Waals surface area contributed by atoms with Gasteiger partial charge in [-0.25, -0.2) is 4.98 Å². The lowest BCUT2D eigenvalue weighted by atomic mass is 10.2. The molecule has 0 radical (unpaired) electrons. The molecule has 0 aromatic carbocycles. The number of aromatic nitrogens is 1. The predicted molar refractivity (Wildman–Crippen MR) is 61.3 cm³/mol. The maximum absolute atomic E-state index is 12.5. The lowest BCUT2D eigenvalue weighted by molar-refractivity contribution is -0.137. The molecule has 6 heteroatoms. The molecule has 18 heavy (non-hydrogen) atoms. The number of nitrogens with zero attached hydrogens (tertiary/aromatic N) is 1. The van der Waals surface area contributed by atoms with E-state index in [-0.39, 0.29) is 18.0 Å². The van der Waals surface area contributed by atoms with Crippen molar-refractivity contribution < 1.29 is 17.9 Å². The van der Waals surface area contributed by atoms with Crippen molar-refractivity contribution in [2.75, 3.05) is 12.4 Å². The molecule has 0 bridgehead atoms. The van der Waals surface area contributed by atoms with Crippen LogP contribution in [0, 0.1) is 0 Å². The molecule has 3 nitrogen and oxygen atoms in total. The zero-order valence-corrected chi connectivity index (χ0v) is 10.00. The third-order valence-corrected chi connectivity index (χ3v) is 3.16. The first-order chi connectivity index (χ1) is 8.49. The highest BCUT2D eigenvalue weighted by Crippen LogP contribution is 2.31. The number of pyridine rings is 1. The molecule has 1 aromatic heterocycles. The van der Waals surface area contributed by atoms with Crippen molar-refractivity contribution in [3.8, 4) is 0 Å². The maximum atomic E-state index is 12.5. The van der Waals surface area contributed by atoms with Crippen molar-refractivity contribution >= 4 is 5.82 Å². The Balaban J connectivity index is 2.02. The molecule has 1 aliphatic rings. The highest BCUT2D eigenvalue weighted by atomic mass is 19.4. The quantitative estimate of drug-likeness (QED) is 0.906. The summed E-state index contributed by atoms with van der Waals surface area (Å²) in [5.41, 5.74) is -0.679. The highest BCUT2D eigenvalue weighted by Gasteiger charge is 2.31. The molecule has 2 rings (SSSR count). The van der Waals surface area contributed by atoms with Gasteiger partial charge in [0.05, 0.1) is 11.7 Å². The van der Waals surface area contributed by atoms with Gasteiger partial charge in [-0.1, -0.05) is 0 Å². The van der Waals surface area contributed by atoms with E-state index >= 15 is 0 Å². The largest absolute Gasteiger partial charge is 0.416 e. The topological polar surface area (TPSA) is 34.1 Å². The highest BCUT2D eigenvalue weighted by molar-refractivity contribution is 5.39. The third-order valence-electron chi connectivity index (χ3n) is 3.16. The monoisotopic (exact) mass is 260 g/mol. The fourth-order valence-corrected chi connectivity index (χ4v) is 2.18. The number of alkyl halides is 3. The second-order valence-corrected chi connectivity index (χ2v) is 4.44. The molecule has 0 spiro atoms. The Kier molecular flexibility index (Phi) is 3.75. The van der Waals surface area contributed by atoms with E-state index in [1.807, 2.05) is 0 Å². The van der Waals surface area contributed by atoms with Gasteiger partial charge in [0.15, 0.2) is 0 Å². The summed E-state index contributed by atoms with van der Waals surface area (Å²) < 4.78 is 42.8. The summed E-state index contributed by atoms with van der Waals surface area (Å²) >= 11 is 0. The molecule has 1 aliphatic carbocycles. The molecular weight excluding hydrogens is 245 g/mol. The zero-order chi connectivity index (χ0) is 13.2. The van der Waals surface area contributed by atoms with Gasteiger partial charge in [-0.3, -0.25) is 0 Å². The number of rotatable bonds is 3. The lowest BCUT2D eigenvalue weighted by Gasteiger charge is -2.14. The summed E-state index contributed by atoms with van der Waals surface area (Å²) in [6, 6.07) is 2.14. The van der Waals surface area contributed by atoms with Crippen LogP contribution in [0.5, 0.6) is 0 Å². The summed E-state index contributed by atoms with van der Waals surface area (Å²) in [7, 11) is 1.65. The van der Waals surface area contributed by atoms with Gasteiger partial charge in [0, 0.05) is 19.3 Å². The van der Waals surface area contributed by atoms with Crippen LogP contribution in [0.25, 0.3) is 0 Å². The smallest absolute Gasteiger partial charge is 0.381 e. The van der Waals surface area contributed by atoms with Crippen molar-refractivity contribution in [2.45, 2.75) is 37.6 Å². The fraction of sp³-hybridized carbons (Fsp3) is 0.583. The molecule has 2 unspecified atom stereocenters. The number of ether oxygens (including phenoxy) is 1. The Hall–Kier alpha value is -1.30. The van der Waals surface area contributed by atoms with Gasteiger partial charge in [-0.2, -0.15) is 13.2 Å². The first-order valence-corrected chi connectivity index (χ1v) is 5.81. The number of hydrogen-bond donors (Lipinski definition) is 1. The normalized spacial score (nSPS) is 24.2. The van der Waals surface area contributed by atoms with Crippen LogP contribution in [0.15, 0.2) is 18.3 Å². The van der Waals surface area contributed by atoms with E-state index in [2.05, 4.69) is 10.3 Å². The molecule has 1 fully saturated rings. The minimum absolute atomic E-state index is 0.130. The standard InChI is InChI=1S/C12H15F3N2O/c1-18-10-3-2-9(7-10)17-11-6-8(4-5-16-11)12(13,14)15/h4-6,9-10H,2-3,7H2,1H3,(H,16,17). The van der Waals surface area contributed by atoms with E-state index in [0.717, 1.165) is 31.4 Å². The Morgan fingerprint density at radius 3 is 2.78 bits per heavy atom. The SMILES string of the molecule is COC1CCC(Nc2cc(C(F)(F)F)ccn2)C1. The van der Waals surface area contributed by atoms with Crippen LogP contribution in [-0.4, -0.2) is 24.2 Å². The molecule has 1 aromatic rings. The van der Waals surface area contributed by atoms with Gasteiger partial charge in [0.2, 0.25) is 0 Å². The molecule has 2 atom stereocenters. The number of methoxy groups -OCH3 is 1. The van der Waals surface area contributed by atoms with Crippen molar-refractivity contribution in [3.05, 3.63) is 23.9 Å². The van der Waals surface area contributed by atoms with Gasteiger partial charge >= 0.3 is 6.18 Å². The van der Waals surface area contributed by atoms with Gasteiger partial charge in [-0.05, 0) is 31.4 Å². The Morgan fingerprint density at radius 1 is 1.39 bits per heavy atom. The fourth-order valence-electron chi connectivity index (χ4n) is 2.18. The minimum atomic E-state index is -4.33. The Labute approximate surface area is 103 Å². The summed E-state index contributed by atoms with van der Waals surface area (Å²) in [6.07, 6.45) is -0.357. The lowest BCUT2D eigenvalue weighted by Crippen LogP contribution is -2.18. The summed E-state index contributed by atoms with van der Waals surface area (Å²) in [6.45, 7) is 0. The van der Waals surface area contributed by atoms with Crippen LogP contribution in [0.4, 0.5) is 19.0 Å². The number of anilines is 1. The Morgan fingerprint density at radius 2 is 2.17 bits per heavy atom. The van der Waals surface area contributed by atoms with E-state index in [9.17, 15) is 13.2 Å². The van der Waals surface area contributed by atoms with Crippen LogP contribution in [0.3, 0.4) is 0 Å². The van der Waals surface area contributed by atoms with Crippen molar-refractivity contribution in [2.24, 2.45) is 0 Å². The van der Waals surface area contributed by atoms with Gasteiger partial charge < -0.3 is 10.1 Å². The van der Waals surface area contributed by atoms with Crippen molar-refractivity contribution in [3.63, 3.8) is 0 Å². The first kappa shape index (κ1) is 13.1. The van der Waals surface area contributed by atoms with E-state index in [0.29, 0.717) is 0 Å². The van der Waals surface area contributed by atoms with Crippen LogP contribution < -0.4 is 5.32 Å². The van der Waals surface area contributed by atoms with Crippen LogP contribution in [0.1, 0.15) is 24.8 Å². The number of nitrogens with one attached hydrogen (secondary N) is 1. The van der Waals surface area contributed by atoms with E-state index in [4.69, 9.17) is 4.74 Å². The molecule has 100 valence electrons. The number of halogens is 3. The molecule has 0 aliphatic heterocycles. The second-order valence-electron chi connectivity index (χ2n) is 4.44. The van der Waals surface area contributed by atoms with Gasteiger partial charge in [0.1, 0.15) is 5.82 Å².